The Morgan fingerprint density at radius 1 is 1.03 bits per heavy atom. The maximum atomic E-state index is 13.0. The van der Waals surface area contributed by atoms with E-state index in [1.54, 1.807) is 22.4 Å². The minimum absolute atomic E-state index is 0.0127. The fourth-order valence-electron chi connectivity index (χ4n) is 4.15. The van der Waals surface area contributed by atoms with Crippen molar-refractivity contribution in [2.45, 2.75) is 38.4 Å². The molecule has 0 bridgehead atoms. The van der Waals surface area contributed by atoms with E-state index < -0.39 is 17.4 Å². The number of aromatic amines is 1. The molecule has 1 saturated heterocycles. The molecule has 1 aliphatic rings. The Hall–Kier alpha value is -3.08. The van der Waals surface area contributed by atoms with Gasteiger partial charge < -0.3 is 14.8 Å². The van der Waals surface area contributed by atoms with Crippen molar-refractivity contribution in [2.75, 3.05) is 31.1 Å². The van der Waals surface area contributed by atoms with E-state index >= 15 is 0 Å². The van der Waals surface area contributed by atoms with Crippen LogP contribution in [0.1, 0.15) is 31.2 Å². The van der Waals surface area contributed by atoms with Crippen LogP contribution < -0.4 is 16.1 Å². The summed E-state index contributed by atoms with van der Waals surface area (Å²) in [4.78, 5) is 43.4. The number of anilines is 1. The molecule has 1 aromatic carbocycles. The molecule has 4 rings (SSSR count). The number of hydrogen-bond donors (Lipinski definition) is 1. The van der Waals surface area contributed by atoms with Gasteiger partial charge >= 0.3 is 11.9 Å². The van der Waals surface area contributed by atoms with E-state index in [0.717, 1.165) is 12.1 Å². The van der Waals surface area contributed by atoms with Crippen molar-refractivity contribution in [2.24, 2.45) is 0 Å². The first-order chi connectivity index (χ1) is 16.2. The zero-order chi connectivity index (χ0) is 24.3. The molecule has 0 unspecified atom stereocenters. The second-order valence-electron chi connectivity index (χ2n) is 8.28. The highest BCUT2D eigenvalue weighted by Gasteiger charge is 2.31. The number of unbranched alkanes of at least 4 members (excludes halogenated alkanes) is 2. The molecule has 1 fully saturated rings. The summed E-state index contributed by atoms with van der Waals surface area (Å²) in [5.74, 6) is 0.0127. The van der Waals surface area contributed by atoms with Gasteiger partial charge in [0.2, 0.25) is 5.91 Å². The average Bonchev–Trinajstić information content (AvgIpc) is 3.29. The van der Waals surface area contributed by atoms with E-state index in [1.807, 2.05) is 4.90 Å². The lowest BCUT2D eigenvalue weighted by Gasteiger charge is -2.36. The largest absolute Gasteiger partial charge is 0.416 e. The van der Waals surface area contributed by atoms with Crippen molar-refractivity contribution >= 4 is 33.1 Å². The zero-order valence-corrected chi connectivity index (χ0v) is 19.3. The van der Waals surface area contributed by atoms with Gasteiger partial charge in [0.25, 0.3) is 5.56 Å². The Morgan fingerprint density at radius 3 is 2.53 bits per heavy atom. The van der Waals surface area contributed by atoms with Crippen LogP contribution in [0.5, 0.6) is 0 Å². The summed E-state index contributed by atoms with van der Waals surface area (Å²) < 4.78 is 40.6. The first kappa shape index (κ1) is 24.1. The standard InChI is InChI=1S/C23H25F3N4O3S/c24-23(25,26)16-5-4-6-17(15-16)28-10-12-29(13-11-28)19(31)7-2-1-3-9-30-21(32)20-18(8-14-34-20)27-22(30)33/h4-6,8,14-15H,1-3,7,9-13H2,(H,27,33). The molecule has 0 saturated carbocycles. The summed E-state index contributed by atoms with van der Waals surface area (Å²) in [6.45, 7) is 2.17. The number of halogens is 3. The Kier molecular flexibility index (Phi) is 7.11. The number of alkyl halides is 3. The van der Waals surface area contributed by atoms with Crippen molar-refractivity contribution in [3.05, 3.63) is 62.1 Å². The third-order valence-electron chi connectivity index (χ3n) is 6.03. The Morgan fingerprint density at radius 2 is 1.79 bits per heavy atom. The van der Waals surface area contributed by atoms with Gasteiger partial charge in [0.15, 0.2) is 0 Å². The number of piperazine rings is 1. The Bertz CT molecular complexity index is 1270. The van der Waals surface area contributed by atoms with Gasteiger partial charge in [-0.2, -0.15) is 13.2 Å². The van der Waals surface area contributed by atoms with Crippen LogP contribution in [0.4, 0.5) is 18.9 Å². The molecule has 3 aromatic rings. The lowest BCUT2D eigenvalue weighted by atomic mass is 10.1. The van der Waals surface area contributed by atoms with Crippen LogP contribution in [0.15, 0.2) is 45.3 Å². The summed E-state index contributed by atoms with van der Waals surface area (Å²) in [5.41, 5.74) is -0.333. The molecular formula is C23H25F3N4O3S. The van der Waals surface area contributed by atoms with Crippen LogP contribution in [0.25, 0.3) is 10.2 Å². The van der Waals surface area contributed by atoms with Gasteiger partial charge in [-0.05, 0) is 42.5 Å². The van der Waals surface area contributed by atoms with Crippen molar-refractivity contribution < 1.29 is 18.0 Å². The van der Waals surface area contributed by atoms with Crippen LogP contribution in [0, 0.1) is 0 Å². The number of aromatic nitrogens is 2. The molecular weight excluding hydrogens is 469 g/mol. The molecule has 2 aromatic heterocycles. The van der Waals surface area contributed by atoms with Gasteiger partial charge in [-0.15, -0.1) is 11.3 Å². The SMILES string of the molecule is O=C(CCCCCn1c(=O)[nH]c2ccsc2c1=O)N1CCN(c2cccc(C(F)(F)F)c2)CC1. The van der Waals surface area contributed by atoms with Crippen LogP contribution >= 0.6 is 11.3 Å². The number of nitrogens with zero attached hydrogens (tertiary/aromatic N) is 3. The number of hydrogen-bond acceptors (Lipinski definition) is 5. The fourth-order valence-corrected chi connectivity index (χ4v) is 4.95. The number of fused-ring (bicyclic) bond motifs is 1. The topological polar surface area (TPSA) is 78.4 Å². The minimum atomic E-state index is -4.38. The van der Waals surface area contributed by atoms with Crippen LogP contribution in [0.3, 0.4) is 0 Å². The first-order valence-electron chi connectivity index (χ1n) is 11.1. The summed E-state index contributed by atoms with van der Waals surface area (Å²) in [6, 6.07) is 6.95. The summed E-state index contributed by atoms with van der Waals surface area (Å²) in [5, 5.41) is 1.76. The maximum Gasteiger partial charge on any atom is 0.416 e. The van der Waals surface area contributed by atoms with Crippen LogP contribution in [0.2, 0.25) is 0 Å². The highest BCUT2D eigenvalue weighted by atomic mass is 32.1. The summed E-state index contributed by atoms with van der Waals surface area (Å²) in [7, 11) is 0. The summed E-state index contributed by atoms with van der Waals surface area (Å²) in [6.07, 6.45) is -2.08. The minimum Gasteiger partial charge on any atom is -0.368 e. The van der Waals surface area contributed by atoms with Crippen LogP contribution in [-0.2, 0) is 17.5 Å². The zero-order valence-electron chi connectivity index (χ0n) is 18.4. The monoisotopic (exact) mass is 494 g/mol. The van der Waals surface area contributed by atoms with Gasteiger partial charge in [-0.1, -0.05) is 12.5 Å². The van der Waals surface area contributed by atoms with Crippen LogP contribution in [-0.4, -0.2) is 46.5 Å². The highest BCUT2D eigenvalue weighted by molar-refractivity contribution is 7.17. The average molecular weight is 495 g/mol. The number of nitrogens with one attached hydrogen (secondary N) is 1. The predicted octanol–water partition coefficient (Wildman–Crippen LogP) is 3.68. The molecule has 11 heteroatoms. The third-order valence-corrected chi connectivity index (χ3v) is 6.94. The van der Waals surface area contributed by atoms with Gasteiger partial charge in [0.05, 0.1) is 11.1 Å². The maximum absolute atomic E-state index is 13.0. The molecule has 1 aliphatic heterocycles. The van der Waals surface area contributed by atoms with Crippen molar-refractivity contribution in [3.8, 4) is 0 Å². The number of carbonyl (C=O) groups is 1. The van der Waals surface area contributed by atoms with Crippen molar-refractivity contribution in [3.63, 3.8) is 0 Å². The van der Waals surface area contributed by atoms with E-state index in [4.69, 9.17) is 0 Å². The lowest BCUT2D eigenvalue weighted by molar-refractivity contribution is -0.137. The molecule has 3 heterocycles. The molecule has 0 radical (unpaired) electrons. The molecule has 34 heavy (non-hydrogen) atoms. The van der Waals surface area contributed by atoms with Gasteiger partial charge in [-0.3, -0.25) is 14.2 Å². The van der Waals surface area contributed by atoms with Crippen molar-refractivity contribution in [1.29, 1.82) is 0 Å². The van der Waals surface area contributed by atoms with E-state index in [-0.39, 0.29) is 11.5 Å². The van der Waals surface area contributed by atoms with E-state index in [1.165, 1.54) is 22.0 Å². The van der Waals surface area contributed by atoms with Gasteiger partial charge in [0, 0.05) is 44.8 Å². The number of rotatable bonds is 7. The molecule has 7 nitrogen and oxygen atoms in total. The van der Waals surface area contributed by atoms with Crippen molar-refractivity contribution in [1.82, 2.24) is 14.5 Å². The van der Waals surface area contributed by atoms with Gasteiger partial charge in [-0.25, -0.2) is 4.79 Å². The van der Waals surface area contributed by atoms with E-state index in [9.17, 15) is 27.6 Å². The highest BCUT2D eigenvalue weighted by Crippen LogP contribution is 2.31. The molecule has 1 N–H and O–H groups in total. The number of H-pyrrole nitrogens is 1. The second-order valence-corrected chi connectivity index (χ2v) is 9.19. The predicted molar refractivity (Wildman–Crippen MR) is 125 cm³/mol. The molecule has 0 spiro atoms. The fraction of sp³-hybridized carbons (Fsp3) is 0.435. The molecule has 1 amide bonds. The smallest absolute Gasteiger partial charge is 0.368 e. The lowest BCUT2D eigenvalue weighted by Crippen LogP contribution is -2.48. The Labute approximate surface area is 197 Å². The number of carbonyl (C=O) groups excluding carboxylic acids is 1. The number of benzene rings is 1. The second kappa shape index (κ2) is 10.0. The number of thiophene rings is 1. The van der Waals surface area contributed by atoms with Gasteiger partial charge in [0.1, 0.15) is 4.70 Å². The molecule has 0 aliphatic carbocycles. The summed E-state index contributed by atoms with van der Waals surface area (Å²) >= 11 is 1.29. The third kappa shape index (κ3) is 5.35. The Balaban J connectivity index is 1.21. The van der Waals surface area contributed by atoms with E-state index in [0.29, 0.717) is 74.3 Å². The quantitative estimate of drug-likeness (QED) is 0.509. The normalized spacial score (nSPS) is 14.7. The molecule has 182 valence electrons. The molecule has 0 atom stereocenters. The first-order valence-corrected chi connectivity index (χ1v) is 12.0. The van der Waals surface area contributed by atoms with E-state index in [2.05, 4.69) is 4.98 Å². The number of amides is 1.